The fourth-order valence-corrected chi connectivity index (χ4v) is 1.47. The minimum absolute atomic E-state index is 0.0877. The van der Waals surface area contributed by atoms with Crippen molar-refractivity contribution in [2.75, 3.05) is 0 Å². The van der Waals surface area contributed by atoms with Crippen molar-refractivity contribution < 1.29 is 9.53 Å². The Morgan fingerprint density at radius 2 is 2.18 bits per heavy atom. The molecule has 0 saturated heterocycles. The molecule has 2 aliphatic rings. The highest BCUT2D eigenvalue weighted by molar-refractivity contribution is 5.73. The van der Waals surface area contributed by atoms with Gasteiger partial charge in [0.15, 0.2) is 0 Å². The van der Waals surface area contributed by atoms with Gasteiger partial charge in [0, 0.05) is 6.42 Å². The molecule has 1 heterocycles. The summed E-state index contributed by atoms with van der Waals surface area (Å²) in [5.41, 5.74) is 1.31. The number of esters is 1. The third-order valence-corrected chi connectivity index (χ3v) is 2.09. The molecule has 0 aromatic rings. The second kappa shape index (κ2) is 2.53. The van der Waals surface area contributed by atoms with E-state index in [2.05, 4.69) is 6.08 Å². The second-order valence-electron chi connectivity index (χ2n) is 2.88. The zero-order valence-electron chi connectivity index (χ0n) is 6.30. The van der Waals surface area contributed by atoms with E-state index in [0.29, 0.717) is 6.42 Å². The van der Waals surface area contributed by atoms with Crippen molar-refractivity contribution in [1.29, 1.82) is 0 Å². The number of ether oxygens (including phenoxy) is 1. The maximum atomic E-state index is 10.8. The molecule has 0 saturated carbocycles. The van der Waals surface area contributed by atoms with Crippen LogP contribution in [0.25, 0.3) is 0 Å². The summed E-state index contributed by atoms with van der Waals surface area (Å²) in [5, 5.41) is 0. The first kappa shape index (κ1) is 6.65. The lowest BCUT2D eigenvalue weighted by Gasteiger charge is -2.19. The predicted octanol–water partition coefficient (Wildman–Crippen LogP) is 1.93. The van der Waals surface area contributed by atoms with Crippen LogP contribution in [0.2, 0.25) is 0 Å². The highest BCUT2D eigenvalue weighted by atomic mass is 16.5. The second-order valence-corrected chi connectivity index (χ2v) is 2.88. The van der Waals surface area contributed by atoms with Crippen LogP contribution in [0.4, 0.5) is 0 Å². The van der Waals surface area contributed by atoms with Crippen molar-refractivity contribution in [2.45, 2.75) is 25.7 Å². The number of hydrogen-bond donors (Lipinski definition) is 0. The van der Waals surface area contributed by atoms with Gasteiger partial charge in [-0.25, -0.2) is 0 Å². The highest BCUT2D eigenvalue weighted by Crippen LogP contribution is 2.27. The van der Waals surface area contributed by atoms with E-state index >= 15 is 0 Å². The number of allylic oxidation sites excluding steroid dienone is 3. The SMILES string of the molecule is O=C1CCC2=C(C=CCC2)O1. The molecule has 0 N–H and O–H groups in total. The Balaban J connectivity index is 2.26. The summed E-state index contributed by atoms with van der Waals surface area (Å²) in [4.78, 5) is 10.8. The van der Waals surface area contributed by atoms with Crippen LogP contribution in [0.1, 0.15) is 25.7 Å². The first-order valence-electron chi connectivity index (χ1n) is 3.95. The average Bonchev–Trinajstić information content (AvgIpc) is 2.04. The van der Waals surface area contributed by atoms with Crippen LogP contribution in [0.15, 0.2) is 23.5 Å². The van der Waals surface area contributed by atoms with E-state index in [1.807, 2.05) is 6.08 Å². The summed E-state index contributed by atoms with van der Waals surface area (Å²) >= 11 is 0. The van der Waals surface area contributed by atoms with Crippen molar-refractivity contribution in [3.63, 3.8) is 0 Å². The molecule has 1 aliphatic heterocycles. The molecule has 0 spiro atoms. The lowest BCUT2D eigenvalue weighted by Crippen LogP contribution is -2.13. The van der Waals surface area contributed by atoms with Crippen LogP contribution in [-0.2, 0) is 9.53 Å². The van der Waals surface area contributed by atoms with Crippen LogP contribution < -0.4 is 0 Å². The summed E-state index contributed by atoms with van der Waals surface area (Å²) in [6.45, 7) is 0. The maximum absolute atomic E-state index is 10.8. The fourth-order valence-electron chi connectivity index (χ4n) is 1.47. The Bertz CT molecular complexity index is 248. The summed E-state index contributed by atoms with van der Waals surface area (Å²) in [7, 11) is 0. The first-order valence-corrected chi connectivity index (χ1v) is 3.95. The van der Waals surface area contributed by atoms with Crippen LogP contribution in [0, 0.1) is 0 Å². The van der Waals surface area contributed by atoms with Crippen molar-refractivity contribution >= 4 is 5.97 Å². The molecule has 2 heteroatoms. The molecule has 0 aromatic carbocycles. The van der Waals surface area contributed by atoms with E-state index in [0.717, 1.165) is 25.0 Å². The number of carbonyl (C=O) groups excluding carboxylic acids is 1. The smallest absolute Gasteiger partial charge is 0.311 e. The number of rotatable bonds is 0. The third-order valence-electron chi connectivity index (χ3n) is 2.09. The van der Waals surface area contributed by atoms with Gasteiger partial charge in [0.1, 0.15) is 5.76 Å². The first-order chi connectivity index (χ1) is 5.36. The van der Waals surface area contributed by atoms with Crippen molar-refractivity contribution in [3.05, 3.63) is 23.5 Å². The lowest BCUT2D eigenvalue weighted by atomic mass is 9.97. The Kier molecular flexibility index (Phi) is 1.53. The van der Waals surface area contributed by atoms with Crippen LogP contribution in [-0.4, -0.2) is 5.97 Å². The topological polar surface area (TPSA) is 26.3 Å². The predicted molar refractivity (Wildman–Crippen MR) is 40.7 cm³/mol. The summed E-state index contributed by atoms with van der Waals surface area (Å²) < 4.78 is 5.04. The molecule has 58 valence electrons. The zero-order valence-corrected chi connectivity index (χ0v) is 6.30. The largest absolute Gasteiger partial charge is 0.427 e. The van der Waals surface area contributed by atoms with Gasteiger partial charge >= 0.3 is 5.97 Å². The molecule has 0 radical (unpaired) electrons. The maximum Gasteiger partial charge on any atom is 0.311 e. The van der Waals surface area contributed by atoms with Crippen molar-refractivity contribution in [3.8, 4) is 0 Å². The average molecular weight is 150 g/mol. The van der Waals surface area contributed by atoms with Gasteiger partial charge in [0.25, 0.3) is 0 Å². The van der Waals surface area contributed by atoms with Gasteiger partial charge in [-0.3, -0.25) is 4.79 Å². The van der Waals surface area contributed by atoms with Crippen LogP contribution >= 0.6 is 0 Å². The van der Waals surface area contributed by atoms with Crippen LogP contribution in [0.5, 0.6) is 0 Å². The van der Waals surface area contributed by atoms with E-state index < -0.39 is 0 Å². The van der Waals surface area contributed by atoms with E-state index in [9.17, 15) is 4.79 Å². The standard InChI is InChI=1S/C9H10O2/c10-9-6-5-7-3-1-2-4-8(7)11-9/h2,4H,1,3,5-6H2. The van der Waals surface area contributed by atoms with E-state index in [-0.39, 0.29) is 5.97 Å². The molecule has 0 fully saturated rings. The van der Waals surface area contributed by atoms with E-state index in [1.54, 1.807) is 0 Å². The quantitative estimate of drug-likeness (QED) is 0.493. The van der Waals surface area contributed by atoms with Gasteiger partial charge in [-0.05, 0) is 30.9 Å². The molecule has 0 aromatic heterocycles. The Hall–Kier alpha value is -1.05. The van der Waals surface area contributed by atoms with Crippen molar-refractivity contribution in [2.24, 2.45) is 0 Å². The van der Waals surface area contributed by atoms with Gasteiger partial charge in [-0.2, -0.15) is 0 Å². The monoisotopic (exact) mass is 150 g/mol. The number of hydrogen-bond acceptors (Lipinski definition) is 2. The van der Waals surface area contributed by atoms with Crippen molar-refractivity contribution in [1.82, 2.24) is 0 Å². The molecule has 0 amide bonds. The minimum Gasteiger partial charge on any atom is -0.427 e. The van der Waals surface area contributed by atoms with E-state index in [4.69, 9.17) is 4.74 Å². The molecule has 11 heavy (non-hydrogen) atoms. The fraction of sp³-hybridized carbons (Fsp3) is 0.444. The third kappa shape index (κ3) is 1.20. The summed E-state index contributed by atoms with van der Waals surface area (Å²) in [6.07, 6.45) is 7.59. The summed E-state index contributed by atoms with van der Waals surface area (Å²) in [5.74, 6) is 0.725. The zero-order chi connectivity index (χ0) is 7.68. The van der Waals surface area contributed by atoms with Gasteiger partial charge in [-0.15, -0.1) is 0 Å². The number of carbonyl (C=O) groups is 1. The molecule has 0 unspecified atom stereocenters. The van der Waals surface area contributed by atoms with Gasteiger partial charge in [-0.1, -0.05) is 6.08 Å². The lowest BCUT2D eigenvalue weighted by molar-refractivity contribution is -0.140. The molecule has 0 atom stereocenters. The summed E-state index contributed by atoms with van der Waals surface area (Å²) in [6, 6.07) is 0. The Morgan fingerprint density at radius 1 is 1.27 bits per heavy atom. The molecular weight excluding hydrogens is 140 g/mol. The normalized spacial score (nSPS) is 23.1. The molecular formula is C9H10O2. The Labute approximate surface area is 65.5 Å². The van der Waals surface area contributed by atoms with Gasteiger partial charge < -0.3 is 4.74 Å². The van der Waals surface area contributed by atoms with Gasteiger partial charge in [0.05, 0.1) is 0 Å². The molecule has 2 rings (SSSR count). The molecule has 2 nitrogen and oxygen atoms in total. The van der Waals surface area contributed by atoms with Gasteiger partial charge in [0.2, 0.25) is 0 Å². The van der Waals surface area contributed by atoms with Crippen LogP contribution in [0.3, 0.4) is 0 Å². The Morgan fingerprint density at radius 3 is 3.09 bits per heavy atom. The highest BCUT2D eigenvalue weighted by Gasteiger charge is 2.19. The van der Waals surface area contributed by atoms with E-state index in [1.165, 1.54) is 5.57 Å². The minimum atomic E-state index is -0.0877. The molecule has 0 bridgehead atoms. The molecule has 1 aliphatic carbocycles.